The third-order valence-corrected chi connectivity index (χ3v) is 6.34. The van der Waals surface area contributed by atoms with E-state index in [1.807, 2.05) is 30.3 Å². The van der Waals surface area contributed by atoms with Crippen molar-refractivity contribution in [3.05, 3.63) is 69.5 Å². The molecule has 5 N–H and O–H groups in total. The van der Waals surface area contributed by atoms with E-state index in [0.29, 0.717) is 23.2 Å². The largest absolute Gasteiger partial charge is 0.464 e. The number of carbonyl (C=O) groups excluding carboxylic acids is 2. The van der Waals surface area contributed by atoms with Crippen LogP contribution in [0.4, 0.5) is 10.5 Å². The number of amidine groups is 1. The van der Waals surface area contributed by atoms with Crippen molar-refractivity contribution in [2.24, 2.45) is 5.73 Å². The van der Waals surface area contributed by atoms with Gasteiger partial charge in [-0.25, -0.2) is 9.59 Å². The fourth-order valence-electron chi connectivity index (χ4n) is 3.51. The van der Waals surface area contributed by atoms with Crippen LogP contribution in [0.5, 0.6) is 5.95 Å². The highest BCUT2D eigenvalue weighted by Gasteiger charge is 2.25. The molecule has 0 unspecified atom stereocenters. The molecular weight excluding hydrogens is 544 g/mol. The Balaban J connectivity index is 1.77. The van der Waals surface area contributed by atoms with Crippen molar-refractivity contribution in [3.8, 4) is 5.95 Å². The molecule has 0 radical (unpaired) electrons. The molecule has 2 aromatic carbocycles. The summed E-state index contributed by atoms with van der Waals surface area (Å²) in [5, 5.41) is 13.3. The van der Waals surface area contributed by atoms with E-state index in [9.17, 15) is 14.4 Å². The minimum absolute atomic E-state index is 0.0140. The Hall–Kier alpha value is -3.70. The van der Waals surface area contributed by atoms with Gasteiger partial charge in [0.05, 0.1) is 12.0 Å². The highest BCUT2D eigenvalue weighted by molar-refractivity contribution is 8.13. The molecule has 2 amide bonds. The van der Waals surface area contributed by atoms with Crippen molar-refractivity contribution in [2.45, 2.75) is 45.3 Å². The van der Waals surface area contributed by atoms with Crippen LogP contribution in [0.3, 0.4) is 0 Å². The Bertz CT molecular complexity index is 1390. The van der Waals surface area contributed by atoms with Crippen molar-refractivity contribution >= 4 is 57.0 Å². The second-order valence-corrected chi connectivity index (χ2v) is 11.1. The van der Waals surface area contributed by atoms with E-state index < -0.39 is 29.3 Å². The number of amides is 2. The predicted octanol–water partition coefficient (Wildman–Crippen LogP) is 4.92. The van der Waals surface area contributed by atoms with Crippen molar-refractivity contribution in [1.82, 2.24) is 5.32 Å². The topological polar surface area (TPSA) is 157 Å². The molecule has 0 aliphatic rings. The molecule has 3 aromatic rings. The first-order valence-electron chi connectivity index (χ1n) is 12.1. The lowest BCUT2D eigenvalue weighted by Crippen LogP contribution is -2.47. The minimum Gasteiger partial charge on any atom is -0.464 e. The zero-order chi connectivity index (χ0) is 28.6. The number of benzene rings is 2. The van der Waals surface area contributed by atoms with Gasteiger partial charge in [-0.1, -0.05) is 59.8 Å². The van der Waals surface area contributed by atoms with E-state index in [1.54, 1.807) is 32.9 Å². The van der Waals surface area contributed by atoms with Gasteiger partial charge in [-0.15, -0.1) is 0 Å². The molecule has 1 aromatic heterocycles. The Labute approximate surface area is 235 Å². The smallest absolute Gasteiger partial charge is 0.408 e. The Morgan fingerprint density at radius 1 is 1.15 bits per heavy atom. The number of hydrogen-bond donors (Lipinski definition) is 4. The fraction of sp³-hybridized carbons (Fsp3) is 0.333. The maximum atomic E-state index is 13.2. The molecule has 208 valence electrons. The number of nitrogens with one attached hydrogen (secondary N) is 3. The molecule has 0 saturated heterocycles. The summed E-state index contributed by atoms with van der Waals surface area (Å²) in [5.74, 6) is -0.0341. The summed E-state index contributed by atoms with van der Waals surface area (Å²) < 4.78 is 16.1. The monoisotopic (exact) mass is 574 g/mol. The number of alkyl carbamates (subject to hydrolysis) is 1. The number of thioether (sulfide) groups is 1. The Morgan fingerprint density at radius 3 is 2.54 bits per heavy atom. The van der Waals surface area contributed by atoms with Gasteiger partial charge < -0.3 is 30.3 Å². The van der Waals surface area contributed by atoms with Crippen LogP contribution in [-0.2, 0) is 16.0 Å². The summed E-state index contributed by atoms with van der Waals surface area (Å²) in [6, 6.07) is 12.9. The third kappa shape index (κ3) is 9.22. The van der Waals surface area contributed by atoms with Crippen molar-refractivity contribution in [2.75, 3.05) is 17.7 Å². The van der Waals surface area contributed by atoms with Crippen molar-refractivity contribution in [1.29, 1.82) is 5.41 Å². The van der Waals surface area contributed by atoms with Crippen LogP contribution >= 0.6 is 23.4 Å². The highest BCUT2D eigenvalue weighted by atomic mass is 35.5. The number of fused-ring (bicyclic) bond motifs is 1. The maximum absolute atomic E-state index is 13.2. The molecule has 0 spiro atoms. The first-order chi connectivity index (χ1) is 18.4. The van der Waals surface area contributed by atoms with Crippen LogP contribution in [-0.4, -0.2) is 41.2 Å². The van der Waals surface area contributed by atoms with Crippen LogP contribution in [0.2, 0.25) is 5.02 Å². The molecule has 0 aliphatic heterocycles. The van der Waals surface area contributed by atoms with E-state index in [1.165, 1.54) is 17.8 Å². The van der Waals surface area contributed by atoms with Crippen molar-refractivity contribution < 1.29 is 23.5 Å². The first-order valence-corrected chi connectivity index (χ1v) is 13.5. The number of nitrogens with two attached hydrogens (primary N) is 1. The van der Waals surface area contributed by atoms with Crippen LogP contribution in [0.15, 0.2) is 57.7 Å². The van der Waals surface area contributed by atoms with Gasteiger partial charge in [0.2, 0.25) is 5.91 Å². The number of ether oxygens (including phenoxy) is 2. The van der Waals surface area contributed by atoms with Crippen LogP contribution in [0.1, 0.15) is 32.8 Å². The SMILES string of the molecule is CC(C)(C)OC(=O)N[C@@H](Cc1ccccc1)C(=O)Nc1ccc2c(Cl)c(OCCCSC(=N)N)oc(=O)c2c1. The summed E-state index contributed by atoms with van der Waals surface area (Å²) in [7, 11) is 0. The van der Waals surface area contributed by atoms with E-state index in [0.717, 1.165) is 5.56 Å². The highest BCUT2D eigenvalue weighted by Crippen LogP contribution is 2.32. The normalized spacial score (nSPS) is 12.0. The molecule has 12 heteroatoms. The zero-order valence-electron chi connectivity index (χ0n) is 21.8. The Morgan fingerprint density at radius 2 is 1.87 bits per heavy atom. The number of halogens is 1. The molecule has 0 fully saturated rings. The quantitative estimate of drug-likeness (QED) is 0.151. The van der Waals surface area contributed by atoms with Crippen LogP contribution in [0, 0.1) is 5.41 Å². The second kappa shape index (κ2) is 13.4. The molecule has 1 atom stereocenters. The molecular formula is C27H31ClN4O6S. The molecule has 0 bridgehead atoms. The van der Waals surface area contributed by atoms with Gasteiger partial charge in [-0.3, -0.25) is 10.2 Å². The number of anilines is 1. The van der Waals surface area contributed by atoms with Crippen molar-refractivity contribution in [3.63, 3.8) is 0 Å². The van der Waals surface area contributed by atoms with Gasteiger partial charge >= 0.3 is 17.7 Å². The lowest BCUT2D eigenvalue weighted by atomic mass is 10.1. The molecule has 0 saturated carbocycles. The number of hydrogen-bond acceptors (Lipinski definition) is 8. The average molecular weight is 575 g/mol. The summed E-state index contributed by atoms with van der Waals surface area (Å²) in [6.07, 6.45) is 0.0605. The van der Waals surface area contributed by atoms with E-state index in [2.05, 4.69) is 10.6 Å². The van der Waals surface area contributed by atoms with Gasteiger partial charge in [0.25, 0.3) is 0 Å². The molecule has 0 aliphatic carbocycles. The lowest BCUT2D eigenvalue weighted by Gasteiger charge is -2.23. The summed E-state index contributed by atoms with van der Waals surface area (Å²) in [4.78, 5) is 38.3. The molecule has 3 rings (SSSR count). The fourth-order valence-corrected chi connectivity index (χ4v) is 4.25. The predicted molar refractivity (Wildman–Crippen MR) is 154 cm³/mol. The second-order valence-electron chi connectivity index (χ2n) is 9.54. The van der Waals surface area contributed by atoms with Gasteiger partial charge in [0.15, 0.2) is 5.17 Å². The van der Waals surface area contributed by atoms with E-state index >= 15 is 0 Å². The van der Waals surface area contributed by atoms with E-state index in [4.69, 9.17) is 36.6 Å². The Kier molecular flexibility index (Phi) is 10.2. The van der Waals surface area contributed by atoms with Crippen LogP contribution < -0.4 is 26.7 Å². The molecule has 39 heavy (non-hydrogen) atoms. The lowest BCUT2D eigenvalue weighted by molar-refractivity contribution is -0.118. The zero-order valence-corrected chi connectivity index (χ0v) is 23.4. The number of carbonyl (C=O) groups is 2. The van der Waals surface area contributed by atoms with Crippen LogP contribution in [0.25, 0.3) is 10.8 Å². The summed E-state index contributed by atoms with van der Waals surface area (Å²) in [6.45, 7) is 5.41. The summed E-state index contributed by atoms with van der Waals surface area (Å²) >= 11 is 7.60. The standard InChI is InChI=1S/C27H31ClN4O6S/c1-27(2,3)38-26(35)32-20(14-16-8-5-4-6-9-16)22(33)31-17-10-11-18-19(15-17)23(34)37-24(21(18)28)36-12-7-13-39-25(29)30/h4-6,8-11,15,20H,7,12-14H2,1-3H3,(H3,29,30)(H,31,33)(H,32,35)/t20-/m0/s1. The van der Waals surface area contributed by atoms with Gasteiger partial charge in [0, 0.05) is 23.2 Å². The van der Waals surface area contributed by atoms with Gasteiger partial charge in [-0.05, 0) is 44.9 Å². The molecule has 1 heterocycles. The maximum Gasteiger partial charge on any atom is 0.408 e. The summed E-state index contributed by atoms with van der Waals surface area (Å²) in [5.41, 5.74) is 5.03. The van der Waals surface area contributed by atoms with Gasteiger partial charge in [0.1, 0.15) is 16.7 Å². The average Bonchev–Trinajstić information content (AvgIpc) is 2.85. The number of rotatable bonds is 10. The minimum atomic E-state index is -0.949. The van der Waals surface area contributed by atoms with Gasteiger partial charge in [-0.2, -0.15) is 0 Å². The van der Waals surface area contributed by atoms with E-state index in [-0.39, 0.29) is 34.6 Å². The molecule has 10 nitrogen and oxygen atoms in total. The third-order valence-electron chi connectivity index (χ3n) is 5.18. The first kappa shape index (κ1) is 29.9.